The first-order chi connectivity index (χ1) is 18.1. The number of aromatic nitrogens is 2. The molecule has 0 saturated heterocycles. The molecule has 37 heavy (non-hydrogen) atoms. The third-order valence-electron chi connectivity index (χ3n) is 6.81. The smallest absolute Gasteiger partial charge is 0.339 e. The summed E-state index contributed by atoms with van der Waals surface area (Å²) in [6.45, 7) is -0.357. The average molecular weight is 491 g/mol. The highest BCUT2D eigenvalue weighted by Gasteiger charge is 2.26. The molecular weight excluding hydrogens is 467 g/mol. The minimum atomic E-state index is -0.536. The van der Waals surface area contributed by atoms with Gasteiger partial charge in [0.05, 0.1) is 16.8 Å². The molecule has 0 unspecified atom stereocenters. The number of ketones is 1. The minimum Gasteiger partial charge on any atom is -0.454 e. The van der Waals surface area contributed by atoms with Gasteiger partial charge in [0.15, 0.2) is 6.61 Å². The van der Waals surface area contributed by atoms with Crippen molar-refractivity contribution in [2.24, 2.45) is 0 Å². The van der Waals surface area contributed by atoms with E-state index in [1.54, 1.807) is 18.3 Å². The van der Waals surface area contributed by atoms with Crippen LogP contribution in [0, 0.1) is 5.82 Å². The SMILES string of the molecule is O=C(OCC(=O)c1c[nH]c2ccccc12)c1c2c(nc3ccccc13)C(=Cc1ccc(F)cc1)CCC2. The van der Waals surface area contributed by atoms with E-state index < -0.39 is 5.97 Å². The monoisotopic (exact) mass is 490 g/mol. The second-order valence-corrected chi connectivity index (χ2v) is 9.15. The first-order valence-electron chi connectivity index (χ1n) is 12.2. The van der Waals surface area contributed by atoms with E-state index in [1.807, 2.05) is 54.6 Å². The van der Waals surface area contributed by atoms with Crippen LogP contribution < -0.4 is 0 Å². The maximum absolute atomic E-state index is 13.5. The van der Waals surface area contributed by atoms with Crippen LogP contribution in [0.25, 0.3) is 33.5 Å². The van der Waals surface area contributed by atoms with Gasteiger partial charge in [-0.2, -0.15) is 0 Å². The molecule has 182 valence electrons. The molecule has 6 rings (SSSR count). The number of H-pyrrole nitrogens is 1. The van der Waals surface area contributed by atoms with Gasteiger partial charge in [0.1, 0.15) is 5.82 Å². The molecule has 6 heteroatoms. The summed E-state index contributed by atoms with van der Waals surface area (Å²) in [5, 5.41) is 1.50. The maximum Gasteiger partial charge on any atom is 0.339 e. The molecule has 2 aromatic heterocycles. The van der Waals surface area contributed by atoms with Crippen molar-refractivity contribution in [1.82, 2.24) is 9.97 Å². The van der Waals surface area contributed by atoms with Crippen molar-refractivity contribution in [2.75, 3.05) is 6.61 Å². The van der Waals surface area contributed by atoms with Gasteiger partial charge in [-0.15, -0.1) is 0 Å². The Bertz CT molecular complexity index is 1700. The number of para-hydroxylation sites is 2. The molecule has 0 bridgehead atoms. The first-order valence-corrected chi connectivity index (χ1v) is 12.2. The Morgan fingerprint density at radius 2 is 1.70 bits per heavy atom. The summed E-state index contributed by atoms with van der Waals surface area (Å²) < 4.78 is 19.0. The molecule has 0 saturated carbocycles. The van der Waals surface area contributed by atoms with Crippen molar-refractivity contribution in [3.63, 3.8) is 0 Å². The zero-order valence-electron chi connectivity index (χ0n) is 20.0. The van der Waals surface area contributed by atoms with Crippen LogP contribution in [0.1, 0.15) is 50.4 Å². The van der Waals surface area contributed by atoms with Gasteiger partial charge in [-0.1, -0.05) is 48.5 Å². The molecule has 0 amide bonds. The number of nitrogens with one attached hydrogen (secondary N) is 1. The van der Waals surface area contributed by atoms with Crippen molar-refractivity contribution in [1.29, 1.82) is 0 Å². The van der Waals surface area contributed by atoms with E-state index in [4.69, 9.17) is 9.72 Å². The van der Waals surface area contributed by atoms with Crippen molar-refractivity contribution in [3.05, 3.63) is 113 Å². The van der Waals surface area contributed by atoms with Crippen molar-refractivity contribution < 1.29 is 18.7 Å². The second-order valence-electron chi connectivity index (χ2n) is 9.15. The molecule has 1 aliphatic rings. The molecule has 0 fully saturated rings. The number of rotatable bonds is 5. The number of hydrogen-bond acceptors (Lipinski definition) is 4. The highest BCUT2D eigenvalue weighted by molar-refractivity contribution is 6.11. The fraction of sp³-hybridized carbons (Fsp3) is 0.129. The van der Waals surface area contributed by atoms with Crippen LogP contribution in [-0.4, -0.2) is 28.3 Å². The lowest BCUT2D eigenvalue weighted by Crippen LogP contribution is -2.18. The number of carbonyl (C=O) groups is 2. The minimum absolute atomic E-state index is 0.269. The molecule has 2 heterocycles. The first kappa shape index (κ1) is 22.9. The zero-order valence-corrected chi connectivity index (χ0v) is 20.0. The van der Waals surface area contributed by atoms with E-state index in [0.29, 0.717) is 28.5 Å². The van der Waals surface area contributed by atoms with Crippen molar-refractivity contribution in [3.8, 4) is 0 Å². The fourth-order valence-electron chi connectivity index (χ4n) is 5.05. The lowest BCUT2D eigenvalue weighted by Gasteiger charge is -2.22. The Balaban J connectivity index is 1.36. The van der Waals surface area contributed by atoms with Gasteiger partial charge in [-0.25, -0.2) is 14.2 Å². The van der Waals surface area contributed by atoms with Gasteiger partial charge in [0.25, 0.3) is 0 Å². The Morgan fingerprint density at radius 1 is 0.946 bits per heavy atom. The molecule has 0 aliphatic heterocycles. The molecule has 5 nitrogen and oxygen atoms in total. The summed E-state index contributed by atoms with van der Waals surface area (Å²) in [6.07, 6.45) is 5.96. The highest BCUT2D eigenvalue weighted by Crippen LogP contribution is 2.36. The molecule has 5 aromatic rings. The van der Waals surface area contributed by atoms with E-state index in [2.05, 4.69) is 4.98 Å². The highest BCUT2D eigenvalue weighted by atomic mass is 19.1. The number of nitrogens with zero attached hydrogens (tertiary/aromatic N) is 1. The Morgan fingerprint density at radius 3 is 2.54 bits per heavy atom. The standard InChI is InChI=1S/C31H23FN2O3/c32-21-14-12-19(13-15-21)16-20-6-5-9-24-29(23-8-2-4-11-27(23)34-30(20)24)31(36)37-18-28(35)25-17-33-26-10-3-1-7-22(25)26/h1-4,7-8,10-17,33H,5-6,9,18H2. The number of fused-ring (bicyclic) bond motifs is 3. The zero-order chi connectivity index (χ0) is 25.4. The third-order valence-corrected chi connectivity index (χ3v) is 6.81. The number of benzene rings is 3. The second kappa shape index (κ2) is 9.47. The van der Waals surface area contributed by atoms with Crippen molar-refractivity contribution >= 4 is 45.2 Å². The number of allylic oxidation sites excluding steroid dienone is 1. The number of carbonyl (C=O) groups excluding carboxylic acids is 2. The number of ether oxygens (including phenoxy) is 1. The summed E-state index contributed by atoms with van der Waals surface area (Å²) in [5.74, 6) is -1.09. The summed E-state index contributed by atoms with van der Waals surface area (Å²) in [6, 6.07) is 21.3. The van der Waals surface area contributed by atoms with Gasteiger partial charge < -0.3 is 9.72 Å². The number of pyridine rings is 1. The van der Waals surface area contributed by atoms with E-state index in [9.17, 15) is 14.0 Å². The Kier molecular flexibility index (Phi) is 5.85. The summed E-state index contributed by atoms with van der Waals surface area (Å²) in [4.78, 5) is 34.4. The Labute approximate surface area is 212 Å². The van der Waals surface area contributed by atoms with Crippen LogP contribution in [0.4, 0.5) is 4.39 Å². The van der Waals surface area contributed by atoms with Gasteiger partial charge >= 0.3 is 5.97 Å². The maximum atomic E-state index is 13.5. The molecule has 0 atom stereocenters. The lowest BCUT2D eigenvalue weighted by molar-refractivity contribution is 0.0476. The number of hydrogen-bond donors (Lipinski definition) is 1. The molecule has 0 radical (unpaired) electrons. The topological polar surface area (TPSA) is 72.1 Å². The average Bonchev–Trinajstić information content (AvgIpc) is 3.36. The number of aromatic amines is 1. The molecule has 1 aliphatic carbocycles. The summed E-state index contributed by atoms with van der Waals surface area (Å²) in [5.41, 5.74) is 5.92. The van der Waals surface area contributed by atoms with Gasteiger partial charge in [0, 0.05) is 28.0 Å². The van der Waals surface area contributed by atoms with Crippen molar-refractivity contribution in [2.45, 2.75) is 19.3 Å². The summed E-state index contributed by atoms with van der Waals surface area (Å²) in [7, 11) is 0. The normalized spacial score (nSPS) is 14.1. The van der Waals surface area contributed by atoms with Gasteiger partial charge in [-0.05, 0) is 66.3 Å². The van der Waals surface area contributed by atoms with E-state index in [0.717, 1.165) is 46.1 Å². The van der Waals surface area contributed by atoms with E-state index in [1.165, 1.54) is 12.1 Å². The van der Waals surface area contributed by atoms with Crippen LogP contribution in [0.3, 0.4) is 0 Å². The van der Waals surface area contributed by atoms with Crippen LogP contribution >= 0.6 is 0 Å². The number of halogens is 1. The lowest BCUT2D eigenvalue weighted by atomic mass is 9.86. The molecule has 3 aromatic carbocycles. The fourth-order valence-corrected chi connectivity index (χ4v) is 5.05. The molecular formula is C31H23FN2O3. The summed E-state index contributed by atoms with van der Waals surface area (Å²) >= 11 is 0. The van der Waals surface area contributed by atoms with E-state index >= 15 is 0 Å². The van der Waals surface area contributed by atoms with Crippen LogP contribution in [0.5, 0.6) is 0 Å². The van der Waals surface area contributed by atoms with Gasteiger partial charge in [-0.3, -0.25) is 4.79 Å². The number of esters is 1. The van der Waals surface area contributed by atoms with Crippen LogP contribution in [-0.2, 0) is 11.2 Å². The predicted molar refractivity (Wildman–Crippen MR) is 142 cm³/mol. The van der Waals surface area contributed by atoms with E-state index in [-0.39, 0.29) is 18.2 Å². The van der Waals surface area contributed by atoms with Crippen LogP contribution in [0.15, 0.2) is 79.0 Å². The largest absolute Gasteiger partial charge is 0.454 e. The molecule has 0 spiro atoms. The Hall–Kier alpha value is -4.58. The predicted octanol–water partition coefficient (Wildman–Crippen LogP) is 6.77. The van der Waals surface area contributed by atoms with Gasteiger partial charge in [0.2, 0.25) is 5.78 Å². The molecule has 1 N–H and O–H groups in total. The number of Topliss-reactive ketones (excluding diaryl/α,β-unsaturated/α-hetero) is 1. The quantitative estimate of drug-likeness (QED) is 0.218. The third kappa shape index (κ3) is 4.31. The van der Waals surface area contributed by atoms with Crippen LogP contribution in [0.2, 0.25) is 0 Å².